The molecule has 1 N–H and O–H groups in total. The van der Waals surface area contributed by atoms with E-state index in [1.165, 1.54) is 0 Å². The minimum Gasteiger partial charge on any atom is -0.404 e. The number of hydrogen-bond acceptors (Lipinski definition) is 3. The van der Waals surface area contributed by atoms with E-state index in [1.54, 1.807) is 18.3 Å². The van der Waals surface area contributed by atoms with Crippen molar-refractivity contribution in [1.29, 1.82) is 5.26 Å². The molecule has 1 aromatic heterocycles. The minimum atomic E-state index is 0.420. The number of pyridine rings is 1. The van der Waals surface area contributed by atoms with Crippen LogP contribution in [0.4, 0.5) is 5.69 Å². The number of anilines is 1. The quantitative estimate of drug-likeness (QED) is 0.871. The van der Waals surface area contributed by atoms with Crippen LogP contribution >= 0.6 is 11.6 Å². The number of benzene rings is 1. The van der Waals surface area contributed by atoms with Crippen LogP contribution in [0.15, 0.2) is 30.5 Å². The summed E-state index contributed by atoms with van der Waals surface area (Å²) in [4.78, 5) is 4.84. The van der Waals surface area contributed by atoms with E-state index in [2.05, 4.69) is 11.1 Å². The molecule has 0 fully saturated rings. The summed E-state index contributed by atoms with van der Waals surface area (Å²) in [7, 11) is 3.76. The normalized spacial score (nSPS) is 9.95. The highest BCUT2D eigenvalue weighted by Gasteiger charge is 2.19. The summed E-state index contributed by atoms with van der Waals surface area (Å²) < 4.78 is 5.81. The molecule has 1 aromatic carbocycles. The third-order valence-electron chi connectivity index (χ3n) is 2.88. The highest BCUT2D eigenvalue weighted by molar-refractivity contribution is 6.30. The molecule has 0 saturated heterocycles. The van der Waals surface area contributed by atoms with Gasteiger partial charge in [0, 0.05) is 25.2 Å². The third-order valence-corrected chi connectivity index (χ3v) is 3.12. The molecule has 5 heteroatoms. The van der Waals surface area contributed by atoms with Gasteiger partial charge in [0.15, 0.2) is 11.8 Å². The molecule has 0 amide bonds. The predicted octanol–water partition coefficient (Wildman–Crippen LogP) is 3.19. The van der Waals surface area contributed by atoms with Crippen LogP contribution in [0.2, 0.25) is 5.02 Å². The molecule has 0 aliphatic rings. The van der Waals surface area contributed by atoms with E-state index < -0.39 is 0 Å². The summed E-state index contributed by atoms with van der Waals surface area (Å²) >= 11 is 5.92. The summed E-state index contributed by atoms with van der Waals surface area (Å²) in [6, 6.07) is 9.37. The molecule has 2 rings (SSSR count). The maximum Gasteiger partial charge on any atom is 0.392 e. The smallest absolute Gasteiger partial charge is 0.392 e. The SMILES string of the molecule is Cc1cc(Cl)ccc1Oc1[nH+]ccc(N(C)C)c1C#N. The molecule has 20 heavy (non-hydrogen) atoms. The summed E-state index contributed by atoms with van der Waals surface area (Å²) in [6.45, 7) is 1.91. The van der Waals surface area contributed by atoms with Crippen molar-refractivity contribution in [3.05, 3.63) is 46.6 Å². The fourth-order valence-corrected chi connectivity index (χ4v) is 2.09. The molecule has 0 atom stereocenters. The molecule has 4 nitrogen and oxygen atoms in total. The van der Waals surface area contributed by atoms with Gasteiger partial charge in [0.1, 0.15) is 11.8 Å². The van der Waals surface area contributed by atoms with Gasteiger partial charge < -0.3 is 9.64 Å². The van der Waals surface area contributed by atoms with Crippen molar-refractivity contribution in [2.45, 2.75) is 6.92 Å². The molecule has 0 saturated carbocycles. The highest BCUT2D eigenvalue weighted by atomic mass is 35.5. The monoisotopic (exact) mass is 288 g/mol. The number of nitrogens with one attached hydrogen (secondary N) is 1. The Morgan fingerprint density at radius 2 is 2.05 bits per heavy atom. The number of hydrogen-bond donors (Lipinski definition) is 0. The van der Waals surface area contributed by atoms with Crippen molar-refractivity contribution in [1.82, 2.24) is 0 Å². The van der Waals surface area contributed by atoms with Gasteiger partial charge in [-0.1, -0.05) is 11.6 Å². The van der Waals surface area contributed by atoms with E-state index in [0.29, 0.717) is 22.2 Å². The van der Waals surface area contributed by atoms with Crippen molar-refractivity contribution in [3.8, 4) is 17.7 Å². The first-order chi connectivity index (χ1) is 9.52. The number of nitriles is 1. The van der Waals surface area contributed by atoms with E-state index in [1.807, 2.05) is 38.1 Å². The Labute approximate surface area is 123 Å². The van der Waals surface area contributed by atoms with E-state index in [4.69, 9.17) is 16.3 Å². The fraction of sp³-hybridized carbons (Fsp3) is 0.200. The predicted molar refractivity (Wildman–Crippen MR) is 78.3 cm³/mol. The van der Waals surface area contributed by atoms with Crippen LogP contribution in [0, 0.1) is 18.3 Å². The zero-order chi connectivity index (χ0) is 14.7. The van der Waals surface area contributed by atoms with E-state index in [0.717, 1.165) is 11.3 Å². The van der Waals surface area contributed by atoms with Gasteiger partial charge in [0.2, 0.25) is 0 Å². The van der Waals surface area contributed by atoms with Crippen molar-refractivity contribution in [3.63, 3.8) is 0 Å². The zero-order valence-electron chi connectivity index (χ0n) is 11.6. The van der Waals surface area contributed by atoms with Gasteiger partial charge >= 0.3 is 5.88 Å². The molecule has 0 spiro atoms. The van der Waals surface area contributed by atoms with Crippen LogP contribution in [-0.2, 0) is 0 Å². The van der Waals surface area contributed by atoms with Gasteiger partial charge in [0.05, 0.1) is 5.69 Å². The molecule has 0 aliphatic carbocycles. The number of H-pyrrole nitrogens is 1. The molecular weight excluding hydrogens is 274 g/mol. The van der Waals surface area contributed by atoms with Crippen LogP contribution in [0.25, 0.3) is 0 Å². The van der Waals surface area contributed by atoms with E-state index >= 15 is 0 Å². The second-order valence-corrected chi connectivity index (χ2v) is 5.02. The number of ether oxygens (including phenoxy) is 1. The Bertz CT molecular complexity index is 677. The number of aromatic amines is 1. The lowest BCUT2D eigenvalue weighted by Gasteiger charge is -2.13. The van der Waals surface area contributed by atoms with Crippen molar-refractivity contribution in [2.75, 3.05) is 19.0 Å². The fourth-order valence-electron chi connectivity index (χ4n) is 1.87. The second-order valence-electron chi connectivity index (χ2n) is 4.59. The number of aryl methyl sites for hydroxylation is 1. The van der Waals surface area contributed by atoms with Gasteiger partial charge in [-0.05, 0) is 30.7 Å². The topological polar surface area (TPSA) is 50.4 Å². The number of aromatic nitrogens is 1. The lowest BCUT2D eigenvalue weighted by Crippen LogP contribution is -2.16. The largest absolute Gasteiger partial charge is 0.404 e. The standard InChI is InChI=1S/C15H14ClN3O/c1-10-8-11(16)4-5-14(10)20-15-12(9-17)13(19(2)3)6-7-18-15/h4-8H,1-3H3/p+1. The van der Waals surface area contributed by atoms with Crippen molar-refractivity contribution in [2.24, 2.45) is 0 Å². The Morgan fingerprint density at radius 3 is 2.65 bits per heavy atom. The van der Waals surface area contributed by atoms with Gasteiger partial charge in [-0.2, -0.15) is 10.2 Å². The molecular formula is C15H15ClN3O+. The summed E-state index contributed by atoms with van der Waals surface area (Å²) in [5.41, 5.74) is 2.17. The Balaban J connectivity index is 2.44. The lowest BCUT2D eigenvalue weighted by molar-refractivity contribution is -0.391. The first kappa shape index (κ1) is 14.2. The summed E-state index contributed by atoms with van der Waals surface area (Å²) in [6.07, 6.45) is 1.75. The Morgan fingerprint density at radius 1 is 1.30 bits per heavy atom. The number of halogens is 1. The molecule has 0 unspecified atom stereocenters. The average molecular weight is 289 g/mol. The van der Waals surface area contributed by atoms with Gasteiger partial charge in [-0.3, -0.25) is 0 Å². The van der Waals surface area contributed by atoms with Crippen LogP contribution in [-0.4, -0.2) is 14.1 Å². The van der Waals surface area contributed by atoms with Crippen LogP contribution in [0.5, 0.6) is 11.6 Å². The second kappa shape index (κ2) is 5.81. The summed E-state index contributed by atoms with van der Waals surface area (Å²) in [5.74, 6) is 1.09. The molecule has 0 aliphatic heterocycles. The van der Waals surface area contributed by atoms with Crippen molar-refractivity contribution >= 4 is 17.3 Å². The van der Waals surface area contributed by atoms with Gasteiger partial charge in [-0.15, -0.1) is 0 Å². The maximum atomic E-state index is 9.34. The highest BCUT2D eigenvalue weighted by Crippen LogP contribution is 2.29. The van der Waals surface area contributed by atoms with Gasteiger partial charge in [-0.25, -0.2) is 0 Å². The first-order valence-electron chi connectivity index (χ1n) is 6.09. The third kappa shape index (κ3) is 2.84. The lowest BCUT2D eigenvalue weighted by atomic mass is 10.2. The Kier molecular flexibility index (Phi) is 4.11. The van der Waals surface area contributed by atoms with E-state index in [-0.39, 0.29) is 0 Å². The molecule has 2 aromatic rings. The Hall–Kier alpha value is -2.25. The number of nitrogens with zero attached hydrogens (tertiary/aromatic N) is 2. The maximum absolute atomic E-state index is 9.34. The summed E-state index contributed by atoms with van der Waals surface area (Å²) in [5, 5.41) is 10.00. The van der Waals surface area contributed by atoms with Crippen LogP contribution in [0.1, 0.15) is 11.1 Å². The van der Waals surface area contributed by atoms with Crippen LogP contribution < -0.4 is 14.6 Å². The number of rotatable bonds is 3. The zero-order valence-corrected chi connectivity index (χ0v) is 12.3. The molecule has 0 bridgehead atoms. The minimum absolute atomic E-state index is 0.420. The molecule has 102 valence electrons. The van der Waals surface area contributed by atoms with Crippen molar-refractivity contribution < 1.29 is 9.72 Å². The van der Waals surface area contributed by atoms with Gasteiger partial charge in [0.25, 0.3) is 0 Å². The average Bonchev–Trinajstić information content (AvgIpc) is 2.41. The van der Waals surface area contributed by atoms with E-state index in [9.17, 15) is 5.26 Å². The first-order valence-corrected chi connectivity index (χ1v) is 6.47. The van der Waals surface area contributed by atoms with Crippen LogP contribution in [0.3, 0.4) is 0 Å². The molecule has 1 heterocycles. The molecule has 0 radical (unpaired) electrons.